The number of hydrogen-bond acceptors (Lipinski definition) is 2. The molecule has 1 aliphatic heterocycles. The third-order valence-corrected chi connectivity index (χ3v) is 3.86. The van der Waals surface area contributed by atoms with Crippen LogP contribution in [0.4, 0.5) is 15.8 Å². The zero-order chi connectivity index (χ0) is 14.1. The van der Waals surface area contributed by atoms with Crippen molar-refractivity contribution in [2.75, 3.05) is 11.4 Å². The second-order valence-corrected chi connectivity index (χ2v) is 5.29. The molecule has 0 aliphatic carbocycles. The van der Waals surface area contributed by atoms with Gasteiger partial charge in [0, 0.05) is 17.8 Å². The van der Waals surface area contributed by atoms with Crippen molar-refractivity contribution >= 4 is 11.4 Å². The summed E-state index contributed by atoms with van der Waals surface area (Å²) in [7, 11) is 0. The van der Waals surface area contributed by atoms with Crippen LogP contribution in [-0.4, -0.2) is 11.7 Å². The molecular weight excluding hydrogens is 253 g/mol. The summed E-state index contributed by atoms with van der Waals surface area (Å²) in [5.41, 5.74) is 4.68. The van der Waals surface area contributed by atoms with Gasteiger partial charge in [-0.25, -0.2) is 4.39 Å². The molecular formula is C17H18FNO. The van der Waals surface area contributed by atoms with Gasteiger partial charge in [0.1, 0.15) is 5.82 Å². The van der Waals surface area contributed by atoms with E-state index in [2.05, 4.69) is 25.1 Å². The molecule has 1 aliphatic rings. The van der Waals surface area contributed by atoms with Crippen LogP contribution < -0.4 is 4.90 Å². The minimum absolute atomic E-state index is 0.148. The average molecular weight is 271 g/mol. The van der Waals surface area contributed by atoms with Gasteiger partial charge in [0.2, 0.25) is 0 Å². The molecule has 0 bridgehead atoms. The van der Waals surface area contributed by atoms with Crippen molar-refractivity contribution in [3.63, 3.8) is 0 Å². The van der Waals surface area contributed by atoms with Crippen LogP contribution in [-0.2, 0) is 13.0 Å². The van der Waals surface area contributed by atoms with E-state index in [0.29, 0.717) is 11.3 Å². The normalized spacial score (nSPS) is 14.2. The molecule has 104 valence electrons. The van der Waals surface area contributed by atoms with Gasteiger partial charge in [-0.3, -0.25) is 0 Å². The van der Waals surface area contributed by atoms with Crippen molar-refractivity contribution in [3.8, 4) is 0 Å². The number of hydrogen-bond donors (Lipinski definition) is 1. The Morgan fingerprint density at radius 3 is 2.90 bits per heavy atom. The Labute approximate surface area is 118 Å². The van der Waals surface area contributed by atoms with E-state index in [1.807, 2.05) is 4.90 Å². The number of benzene rings is 2. The molecule has 1 N–H and O–H groups in total. The summed E-state index contributed by atoms with van der Waals surface area (Å²) in [5, 5.41) is 9.47. The van der Waals surface area contributed by atoms with Crippen LogP contribution >= 0.6 is 0 Å². The highest BCUT2D eigenvalue weighted by Crippen LogP contribution is 2.37. The summed E-state index contributed by atoms with van der Waals surface area (Å²) in [6, 6.07) is 11.2. The fourth-order valence-electron chi connectivity index (χ4n) is 2.95. The van der Waals surface area contributed by atoms with Crippen molar-refractivity contribution in [2.24, 2.45) is 0 Å². The summed E-state index contributed by atoms with van der Waals surface area (Å²) in [6.45, 7) is 2.70. The predicted octanol–water partition coefficient (Wildman–Crippen LogP) is 3.71. The lowest BCUT2D eigenvalue weighted by atomic mass is 9.98. The highest BCUT2D eigenvalue weighted by molar-refractivity contribution is 5.71. The average Bonchev–Trinajstić information content (AvgIpc) is 2.46. The Hall–Kier alpha value is -1.87. The quantitative estimate of drug-likeness (QED) is 0.900. The van der Waals surface area contributed by atoms with Gasteiger partial charge < -0.3 is 10.0 Å². The van der Waals surface area contributed by atoms with E-state index in [1.165, 1.54) is 17.2 Å². The van der Waals surface area contributed by atoms with Gasteiger partial charge >= 0.3 is 0 Å². The number of anilines is 2. The minimum Gasteiger partial charge on any atom is -0.392 e. The lowest BCUT2D eigenvalue weighted by Gasteiger charge is -2.33. The Kier molecular flexibility index (Phi) is 3.45. The third kappa shape index (κ3) is 2.18. The maximum Gasteiger partial charge on any atom is 0.147 e. The molecule has 0 saturated heterocycles. The van der Waals surface area contributed by atoms with Gasteiger partial charge in [0.25, 0.3) is 0 Å². The highest BCUT2D eigenvalue weighted by atomic mass is 19.1. The van der Waals surface area contributed by atoms with E-state index in [0.717, 1.165) is 25.1 Å². The summed E-state index contributed by atoms with van der Waals surface area (Å²) in [6.07, 6.45) is 2.02. The Morgan fingerprint density at radius 1 is 1.25 bits per heavy atom. The Morgan fingerprint density at radius 2 is 2.10 bits per heavy atom. The van der Waals surface area contributed by atoms with E-state index < -0.39 is 0 Å². The molecule has 2 nitrogen and oxygen atoms in total. The Balaban J connectivity index is 2.14. The lowest BCUT2D eigenvalue weighted by Crippen LogP contribution is -2.26. The number of halogens is 1. The summed E-state index contributed by atoms with van der Waals surface area (Å²) in [5.74, 6) is -0.273. The summed E-state index contributed by atoms with van der Waals surface area (Å²) in [4.78, 5) is 2.00. The zero-order valence-electron chi connectivity index (χ0n) is 11.6. The molecule has 1 heterocycles. The zero-order valence-corrected chi connectivity index (χ0v) is 11.6. The first-order valence-corrected chi connectivity index (χ1v) is 6.96. The molecule has 2 aromatic carbocycles. The first kappa shape index (κ1) is 13.1. The number of aryl methyl sites for hydroxylation is 2. The van der Waals surface area contributed by atoms with Crippen LogP contribution in [0.15, 0.2) is 36.4 Å². The van der Waals surface area contributed by atoms with Crippen molar-refractivity contribution < 1.29 is 9.50 Å². The fourth-order valence-corrected chi connectivity index (χ4v) is 2.95. The molecule has 0 fully saturated rings. The number of aliphatic hydroxyl groups excluding tert-OH is 1. The van der Waals surface area contributed by atoms with Crippen LogP contribution in [0.1, 0.15) is 23.1 Å². The molecule has 0 amide bonds. The monoisotopic (exact) mass is 271 g/mol. The second-order valence-electron chi connectivity index (χ2n) is 5.29. The van der Waals surface area contributed by atoms with Crippen molar-refractivity contribution in [1.82, 2.24) is 0 Å². The van der Waals surface area contributed by atoms with E-state index in [1.54, 1.807) is 12.1 Å². The molecule has 3 rings (SSSR count). The number of nitrogens with zero attached hydrogens (tertiary/aromatic N) is 1. The standard InChI is InChI=1S/C17H18FNO/c1-12-7-8-16-13(10-12)5-3-9-19(16)17-14(11-20)4-2-6-15(17)18/h2,4,6-8,10,20H,3,5,9,11H2,1H3. The van der Waals surface area contributed by atoms with E-state index in [4.69, 9.17) is 0 Å². The van der Waals surface area contributed by atoms with Gasteiger partial charge in [-0.05, 0) is 37.5 Å². The number of fused-ring (bicyclic) bond motifs is 1. The van der Waals surface area contributed by atoms with Crippen LogP contribution in [0.5, 0.6) is 0 Å². The predicted molar refractivity (Wildman–Crippen MR) is 78.8 cm³/mol. The Bertz CT molecular complexity index is 639. The van der Waals surface area contributed by atoms with Gasteiger partial charge in [0.05, 0.1) is 12.3 Å². The number of rotatable bonds is 2. The van der Waals surface area contributed by atoms with Gasteiger partial charge in [-0.1, -0.05) is 29.8 Å². The van der Waals surface area contributed by atoms with Crippen molar-refractivity contribution in [3.05, 3.63) is 58.9 Å². The lowest BCUT2D eigenvalue weighted by molar-refractivity contribution is 0.281. The molecule has 0 aromatic heterocycles. The first-order valence-electron chi connectivity index (χ1n) is 6.96. The van der Waals surface area contributed by atoms with Crippen LogP contribution in [0.25, 0.3) is 0 Å². The first-order chi connectivity index (χ1) is 9.70. The van der Waals surface area contributed by atoms with Gasteiger partial charge in [-0.15, -0.1) is 0 Å². The van der Waals surface area contributed by atoms with E-state index in [-0.39, 0.29) is 12.4 Å². The maximum absolute atomic E-state index is 14.2. The third-order valence-electron chi connectivity index (χ3n) is 3.86. The second kappa shape index (κ2) is 5.25. The van der Waals surface area contributed by atoms with Crippen molar-refractivity contribution in [2.45, 2.75) is 26.4 Å². The van der Waals surface area contributed by atoms with Crippen LogP contribution in [0.3, 0.4) is 0 Å². The molecule has 0 atom stereocenters. The van der Waals surface area contributed by atoms with Gasteiger partial charge in [-0.2, -0.15) is 0 Å². The molecule has 0 unspecified atom stereocenters. The van der Waals surface area contributed by atoms with Crippen LogP contribution in [0, 0.1) is 12.7 Å². The minimum atomic E-state index is -0.273. The maximum atomic E-state index is 14.2. The summed E-state index contributed by atoms with van der Waals surface area (Å²) >= 11 is 0. The smallest absolute Gasteiger partial charge is 0.147 e. The highest BCUT2D eigenvalue weighted by Gasteiger charge is 2.22. The number of aliphatic hydroxyl groups is 1. The molecule has 0 radical (unpaired) electrons. The SMILES string of the molecule is Cc1ccc2c(c1)CCCN2c1c(F)cccc1CO. The molecule has 20 heavy (non-hydrogen) atoms. The number of para-hydroxylation sites is 1. The van der Waals surface area contributed by atoms with E-state index >= 15 is 0 Å². The molecule has 0 spiro atoms. The largest absolute Gasteiger partial charge is 0.392 e. The van der Waals surface area contributed by atoms with Crippen LogP contribution in [0.2, 0.25) is 0 Å². The fraction of sp³-hybridized carbons (Fsp3) is 0.294. The summed E-state index contributed by atoms with van der Waals surface area (Å²) < 4.78 is 14.2. The van der Waals surface area contributed by atoms with Crippen molar-refractivity contribution in [1.29, 1.82) is 0 Å². The molecule has 2 aromatic rings. The van der Waals surface area contributed by atoms with Gasteiger partial charge in [0.15, 0.2) is 0 Å². The molecule has 3 heteroatoms. The topological polar surface area (TPSA) is 23.5 Å². The van der Waals surface area contributed by atoms with E-state index in [9.17, 15) is 9.50 Å². The molecule has 0 saturated carbocycles.